The first-order valence-corrected chi connectivity index (χ1v) is 15.0. The molecule has 10 heteroatoms. The van der Waals surface area contributed by atoms with Crippen molar-refractivity contribution in [2.45, 2.75) is 103 Å². The van der Waals surface area contributed by atoms with E-state index in [0.717, 1.165) is 0 Å². The SMILES string of the molecule is CC(=O)OC1C2C3C(O)C(=O)C4CC[C@H](O)CC4(C)C3CCC2(OC(C)=O)C2C(C)C=C3OC(=O)[C@@](C)(O)C3(C)C12. The Labute approximate surface area is 239 Å². The van der Waals surface area contributed by atoms with Crippen molar-refractivity contribution in [3.05, 3.63) is 11.8 Å². The van der Waals surface area contributed by atoms with Crippen molar-refractivity contribution < 1.29 is 48.7 Å². The molecule has 1 heterocycles. The molecule has 226 valence electrons. The Bertz CT molecular complexity index is 1240. The van der Waals surface area contributed by atoms with Crippen LogP contribution in [0.2, 0.25) is 0 Å². The monoisotopic (exact) mass is 574 g/mol. The summed E-state index contributed by atoms with van der Waals surface area (Å²) in [6, 6.07) is 0. The summed E-state index contributed by atoms with van der Waals surface area (Å²) >= 11 is 0. The molecule has 10 nitrogen and oxygen atoms in total. The molecule has 3 N–H and O–H groups in total. The molecule has 0 aromatic heterocycles. The molecular weight excluding hydrogens is 532 g/mol. The largest absolute Gasteiger partial charge is 0.462 e. The lowest BCUT2D eigenvalue weighted by Crippen LogP contribution is -2.66. The molecule has 12 unspecified atom stereocenters. The average molecular weight is 575 g/mol. The van der Waals surface area contributed by atoms with Crippen LogP contribution < -0.4 is 0 Å². The van der Waals surface area contributed by atoms with Gasteiger partial charge in [0, 0.05) is 43.4 Å². The average Bonchev–Trinajstić information content (AvgIpc) is 3.23. The van der Waals surface area contributed by atoms with Crippen LogP contribution in [0.1, 0.15) is 73.6 Å². The molecule has 5 fully saturated rings. The maximum absolute atomic E-state index is 13.9. The minimum Gasteiger partial charge on any atom is -0.462 e. The van der Waals surface area contributed by atoms with Crippen LogP contribution in [0.5, 0.6) is 0 Å². The number of fused-ring (bicyclic) bond motifs is 9. The summed E-state index contributed by atoms with van der Waals surface area (Å²) in [5.74, 6) is -5.67. The summed E-state index contributed by atoms with van der Waals surface area (Å²) in [7, 11) is 0. The van der Waals surface area contributed by atoms with Gasteiger partial charge in [-0.3, -0.25) is 14.4 Å². The first kappa shape index (κ1) is 28.8. The smallest absolute Gasteiger partial charge is 0.343 e. The third kappa shape index (κ3) is 3.47. The van der Waals surface area contributed by atoms with Gasteiger partial charge in [-0.25, -0.2) is 4.79 Å². The number of carbonyl (C=O) groups excluding carboxylic acids is 4. The van der Waals surface area contributed by atoms with Gasteiger partial charge in [-0.05, 0) is 69.3 Å². The highest BCUT2D eigenvalue weighted by Crippen LogP contribution is 2.73. The molecule has 0 aromatic carbocycles. The Morgan fingerprint density at radius 3 is 2.32 bits per heavy atom. The minimum atomic E-state index is -1.98. The standard InChI is InChI=1S/C31H42O10/c1-13-11-19-29(5,30(6,38)27(37)40-19)23-21(13)31(41-15(3)33)10-9-17-20(22(31)26(23)39-14(2)32)25(36)24(35)18-8-7-16(34)12-28(17,18)4/h11,13,16-18,20-23,25-26,34,36,38H,7-10,12H2,1-6H3/t13?,16-,17?,18?,20?,21?,22?,23?,25?,26?,28?,29?,30+,31?/m0/s1. The van der Waals surface area contributed by atoms with E-state index >= 15 is 0 Å². The number of esters is 3. The fourth-order valence-corrected chi connectivity index (χ4v) is 10.9. The summed E-state index contributed by atoms with van der Waals surface area (Å²) < 4.78 is 18.1. The molecule has 1 aliphatic heterocycles. The summed E-state index contributed by atoms with van der Waals surface area (Å²) in [6.45, 7) is 9.65. The van der Waals surface area contributed by atoms with E-state index in [4.69, 9.17) is 14.2 Å². The van der Waals surface area contributed by atoms with E-state index in [1.165, 1.54) is 20.8 Å². The molecule has 6 rings (SSSR count). The van der Waals surface area contributed by atoms with E-state index in [2.05, 4.69) is 0 Å². The van der Waals surface area contributed by atoms with Crippen LogP contribution in [0.3, 0.4) is 0 Å². The zero-order chi connectivity index (χ0) is 30.0. The Hall–Kier alpha value is -2.30. The molecule has 5 aliphatic carbocycles. The van der Waals surface area contributed by atoms with E-state index in [0.29, 0.717) is 32.1 Å². The number of hydrogen-bond acceptors (Lipinski definition) is 10. The van der Waals surface area contributed by atoms with Gasteiger partial charge in [-0.1, -0.05) is 13.8 Å². The second-order valence-electron chi connectivity index (χ2n) is 14.3. The molecule has 0 spiro atoms. The quantitative estimate of drug-likeness (QED) is 0.329. The number of ketones is 1. The summed E-state index contributed by atoms with van der Waals surface area (Å²) in [6.07, 6.45) is 1.14. The van der Waals surface area contributed by atoms with Crippen LogP contribution in [-0.2, 0) is 33.4 Å². The van der Waals surface area contributed by atoms with Gasteiger partial charge in [0.15, 0.2) is 11.4 Å². The van der Waals surface area contributed by atoms with Gasteiger partial charge in [0.25, 0.3) is 0 Å². The van der Waals surface area contributed by atoms with E-state index in [-0.39, 0.29) is 23.4 Å². The van der Waals surface area contributed by atoms with Crippen molar-refractivity contribution in [1.29, 1.82) is 0 Å². The fourth-order valence-electron chi connectivity index (χ4n) is 10.9. The van der Waals surface area contributed by atoms with E-state index in [1.54, 1.807) is 13.0 Å². The molecule has 0 aromatic rings. The van der Waals surface area contributed by atoms with Crippen molar-refractivity contribution in [2.75, 3.05) is 0 Å². The second-order valence-corrected chi connectivity index (χ2v) is 14.3. The number of rotatable bonds is 2. The van der Waals surface area contributed by atoms with Crippen LogP contribution in [0.4, 0.5) is 0 Å². The van der Waals surface area contributed by atoms with Gasteiger partial charge in [-0.2, -0.15) is 0 Å². The number of hydrogen-bond donors (Lipinski definition) is 3. The second kappa shape index (κ2) is 8.86. The van der Waals surface area contributed by atoms with Gasteiger partial charge < -0.3 is 29.5 Å². The fraction of sp³-hybridized carbons (Fsp3) is 0.806. The van der Waals surface area contributed by atoms with Gasteiger partial charge >= 0.3 is 17.9 Å². The third-order valence-electron chi connectivity index (χ3n) is 12.5. The Kier molecular flexibility index (Phi) is 6.22. The van der Waals surface area contributed by atoms with Crippen LogP contribution in [-0.4, -0.2) is 68.5 Å². The predicted molar refractivity (Wildman–Crippen MR) is 141 cm³/mol. The van der Waals surface area contributed by atoms with Crippen LogP contribution >= 0.6 is 0 Å². The zero-order valence-corrected chi connectivity index (χ0v) is 24.6. The highest BCUT2D eigenvalue weighted by molar-refractivity contribution is 5.88. The van der Waals surface area contributed by atoms with Gasteiger partial charge in [0.1, 0.15) is 23.6 Å². The highest BCUT2D eigenvalue weighted by Gasteiger charge is 2.80. The molecule has 0 bridgehead atoms. The summed E-state index contributed by atoms with van der Waals surface area (Å²) in [5, 5.41) is 34.2. The highest BCUT2D eigenvalue weighted by atomic mass is 16.6. The summed E-state index contributed by atoms with van der Waals surface area (Å²) in [4.78, 5) is 52.5. The van der Waals surface area contributed by atoms with E-state index < -0.39 is 87.8 Å². The predicted octanol–water partition coefficient (Wildman–Crippen LogP) is 2.07. The first-order valence-electron chi connectivity index (χ1n) is 15.0. The lowest BCUT2D eigenvalue weighted by atomic mass is 9.44. The molecule has 0 amide bonds. The molecule has 1 saturated heterocycles. The Morgan fingerprint density at radius 2 is 1.68 bits per heavy atom. The van der Waals surface area contributed by atoms with Crippen LogP contribution in [0.25, 0.3) is 0 Å². The zero-order valence-electron chi connectivity index (χ0n) is 24.6. The normalized spacial score (nSPS) is 53.5. The molecule has 14 atom stereocenters. The maximum Gasteiger partial charge on any atom is 0.343 e. The topological polar surface area (TPSA) is 157 Å². The summed E-state index contributed by atoms with van der Waals surface area (Å²) in [5.41, 5.74) is -5.16. The van der Waals surface area contributed by atoms with E-state index in [9.17, 15) is 34.5 Å². The Balaban J connectivity index is 1.59. The van der Waals surface area contributed by atoms with Crippen molar-refractivity contribution in [3.8, 4) is 0 Å². The lowest BCUT2D eigenvalue weighted by Gasteiger charge is -2.61. The molecule has 0 radical (unpaired) electrons. The number of ether oxygens (including phenoxy) is 3. The van der Waals surface area contributed by atoms with Crippen molar-refractivity contribution in [2.24, 2.45) is 52.3 Å². The molecular formula is C31H42O10. The number of allylic oxidation sites excluding steroid dienone is 1. The van der Waals surface area contributed by atoms with Crippen LogP contribution in [0.15, 0.2) is 11.8 Å². The molecule has 41 heavy (non-hydrogen) atoms. The number of Topliss-reactive ketones (excluding diaryl/α,β-unsaturated/α-hetero) is 1. The third-order valence-corrected chi connectivity index (χ3v) is 12.5. The van der Waals surface area contributed by atoms with E-state index in [1.807, 2.05) is 13.8 Å². The Morgan fingerprint density at radius 1 is 1.00 bits per heavy atom. The van der Waals surface area contributed by atoms with Gasteiger partial charge in [0.05, 0.1) is 11.5 Å². The van der Waals surface area contributed by atoms with Gasteiger partial charge in [-0.15, -0.1) is 0 Å². The van der Waals surface area contributed by atoms with Gasteiger partial charge in [0.2, 0.25) is 0 Å². The number of aliphatic hydroxyl groups excluding tert-OH is 2. The lowest BCUT2D eigenvalue weighted by molar-refractivity contribution is -0.221. The molecule has 6 aliphatic rings. The van der Waals surface area contributed by atoms with Crippen LogP contribution in [0, 0.1) is 52.3 Å². The first-order chi connectivity index (χ1) is 19.0. The van der Waals surface area contributed by atoms with Crippen molar-refractivity contribution >= 4 is 23.7 Å². The minimum absolute atomic E-state index is 0.223. The maximum atomic E-state index is 13.9. The number of carbonyl (C=O) groups is 4. The van der Waals surface area contributed by atoms with Crippen molar-refractivity contribution in [1.82, 2.24) is 0 Å². The van der Waals surface area contributed by atoms with Crippen molar-refractivity contribution in [3.63, 3.8) is 0 Å². The molecule has 4 saturated carbocycles. The number of aliphatic hydroxyl groups is 3.